The molecule has 6 nitrogen and oxygen atoms in total. The van der Waals surface area contributed by atoms with E-state index in [-0.39, 0.29) is 11.5 Å². The number of fused-ring (bicyclic) bond motifs is 1. The van der Waals surface area contributed by atoms with E-state index in [9.17, 15) is 13.2 Å². The Morgan fingerprint density at radius 1 is 1.13 bits per heavy atom. The van der Waals surface area contributed by atoms with Gasteiger partial charge in [0, 0.05) is 30.2 Å². The van der Waals surface area contributed by atoms with Crippen LogP contribution in [0.15, 0.2) is 46.6 Å². The highest BCUT2D eigenvalue weighted by Gasteiger charge is 2.43. The van der Waals surface area contributed by atoms with Crippen molar-refractivity contribution in [2.75, 3.05) is 18.0 Å². The van der Waals surface area contributed by atoms with E-state index in [0.29, 0.717) is 21.4 Å². The van der Waals surface area contributed by atoms with Gasteiger partial charge in [-0.3, -0.25) is 0 Å². The summed E-state index contributed by atoms with van der Waals surface area (Å²) < 4.78 is 40.8. The number of piperidine rings is 1. The maximum atomic E-state index is 13.0. The van der Waals surface area contributed by atoms with E-state index in [2.05, 4.69) is 20.0 Å². The Balaban J connectivity index is 1.39. The second-order valence-electron chi connectivity index (χ2n) is 8.39. The first kappa shape index (κ1) is 20.6. The molecule has 3 heterocycles. The Bertz CT molecular complexity index is 1090. The van der Waals surface area contributed by atoms with Crippen LogP contribution in [0.25, 0.3) is 5.65 Å². The molecule has 0 bridgehead atoms. The molecule has 1 aliphatic carbocycles. The summed E-state index contributed by atoms with van der Waals surface area (Å²) in [6, 6.07) is 5.54. The highest BCUT2D eigenvalue weighted by atomic mass is 32.2. The Morgan fingerprint density at radius 3 is 2.65 bits per heavy atom. The first-order valence-electron chi connectivity index (χ1n) is 10.4. The van der Waals surface area contributed by atoms with Crippen LogP contribution in [0.1, 0.15) is 37.7 Å². The third-order valence-electron chi connectivity index (χ3n) is 6.66. The Morgan fingerprint density at radius 2 is 1.94 bits per heavy atom. The minimum Gasteiger partial charge on any atom is -0.341 e. The van der Waals surface area contributed by atoms with Crippen molar-refractivity contribution in [1.82, 2.24) is 19.6 Å². The first-order chi connectivity index (χ1) is 14.9. The van der Waals surface area contributed by atoms with Gasteiger partial charge in [0.05, 0.1) is 10.5 Å². The van der Waals surface area contributed by atoms with Crippen LogP contribution in [0.2, 0.25) is 0 Å². The minimum absolute atomic E-state index is 0.247. The van der Waals surface area contributed by atoms with E-state index in [4.69, 9.17) is 5.73 Å². The fourth-order valence-corrected chi connectivity index (χ4v) is 5.80. The predicted octanol–water partition coefficient (Wildman–Crippen LogP) is 4.39. The van der Waals surface area contributed by atoms with E-state index >= 15 is 0 Å². The lowest BCUT2D eigenvalue weighted by Gasteiger charge is -2.42. The van der Waals surface area contributed by atoms with Crippen LogP contribution < -0.4 is 10.6 Å². The highest BCUT2D eigenvalue weighted by Crippen LogP contribution is 2.46. The van der Waals surface area contributed by atoms with E-state index in [1.165, 1.54) is 37.0 Å². The molecule has 5 rings (SSSR count). The topological polar surface area (TPSA) is 72.3 Å². The average Bonchev–Trinajstić information content (AvgIpc) is 3.37. The van der Waals surface area contributed by atoms with Crippen molar-refractivity contribution in [2.24, 2.45) is 11.1 Å². The number of anilines is 1. The van der Waals surface area contributed by atoms with Gasteiger partial charge in [-0.25, -0.2) is 9.97 Å². The van der Waals surface area contributed by atoms with Crippen molar-refractivity contribution in [3.05, 3.63) is 42.4 Å². The molecular formula is C21H23F3N6S. The molecule has 0 amide bonds. The number of hydrogen-bond donors (Lipinski definition) is 1. The van der Waals surface area contributed by atoms with Gasteiger partial charge in [0.1, 0.15) is 6.33 Å². The number of alkyl halides is 3. The zero-order valence-electron chi connectivity index (χ0n) is 16.8. The van der Waals surface area contributed by atoms with Crippen molar-refractivity contribution in [3.8, 4) is 0 Å². The number of aromatic nitrogens is 4. The maximum absolute atomic E-state index is 13.0. The summed E-state index contributed by atoms with van der Waals surface area (Å²) in [5.41, 5.74) is 6.56. The largest absolute Gasteiger partial charge is 0.416 e. The van der Waals surface area contributed by atoms with Gasteiger partial charge in [-0.2, -0.15) is 22.8 Å². The summed E-state index contributed by atoms with van der Waals surface area (Å²) in [6.45, 7) is 1.71. The quantitative estimate of drug-likeness (QED) is 0.641. The zero-order valence-corrected chi connectivity index (χ0v) is 17.7. The molecule has 2 aliphatic rings. The van der Waals surface area contributed by atoms with Crippen LogP contribution >= 0.6 is 11.8 Å². The molecule has 2 N–H and O–H groups in total. The third kappa shape index (κ3) is 3.76. The van der Waals surface area contributed by atoms with Gasteiger partial charge in [-0.05, 0) is 49.3 Å². The van der Waals surface area contributed by atoms with Gasteiger partial charge in [0.25, 0.3) is 0 Å². The minimum atomic E-state index is -4.38. The van der Waals surface area contributed by atoms with Gasteiger partial charge in [0.2, 0.25) is 5.95 Å². The number of rotatable bonds is 3. The van der Waals surface area contributed by atoms with Crippen molar-refractivity contribution >= 4 is 23.4 Å². The number of hydrogen-bond acceptors (Lipinski definition) is 6. The standard InChI is InChI=1S/C21H23F3N6S/c22-21(23,24)14-3-1-4-15(11-14)31-16-12-26-19(30-18(16)27-13-28-30)29-9-7-20(8-10-29)6-2-5-17(20)25/h1,3-4,11-13,17H,2,5-10,25H2/t17-/m1/s1. The SMILES string of the molecule is N[C@@H]1CCCC12CCN(c1ncc(Sc3cccc(C(F)(F)F)c3)c3ncnn13)CC2. The molecule has 1 atom stereocenters. The van der Waals surface area contributed by atoms with Crippen LogP contribution in [0.4, 0.5) is 19.1 Å². The van der Waals surface area contributed by atoms with Crippen LogP contribution in [-0.2, 0) is 6.18 Å². The van der Waals surface area contributed by atoms with E-state index in [1.807, 2.05) is 0 Å². The monoisotopic (exact) mass is 448 g/mol. The summed E-state index contributed by atoms with van der Waals surface area (Å²) in [6.07, 6.45) is 4.32. The number of benzene rings is 1. The molecule has 2 aromatic heterocycles. The van der Waals surface area contributed by atoms with Crippen molar-refractivity contribution in [2.45, 2.75) is 54.1 Å². The van der Waals surface area contributed by atoms with Gasteiger partial charge < -0.3 is 10.6 Å². The lowest BCUT2D eigenvalue weighted by molar-refractivity contribution is -0.137. The molecule has 0 radical (unpaired) electrons. The smallest absolute Gasteiger partial charge is 0.341 e. The van der Waals surface area contributed by atoms with Gasteiger partial charge >= 0.3 is 6.18 Å². The van der Waals surface area contributed by atoms with E-state index in [0.717, 1.165) is 44.5 Å². The fourth-order valence-electron chi connectivity index (χ4n) is 4.87. The zero-order chi connectivity index (χ0) is 21.6. The van der Waals surface area contributed by atoms with Crippen LogP contribution in [0, 0.1) is 5.41 Å². The molecular weight excluding hydrogens is 425 g/mol. The molecule has 10 heteroatoms. The molecule has 31 heavy (non-hydrogen) atoms. The molecule has 1 spiro atoms. The molecule has 1 aliphatic heterocycles. The fraction of sp³-hybridized carbons (Fsp3) is 0.476. The number of nitrogens with two attached hydrogens (primary N) is 1. The molecule has 164 valence electrons. The molecule has 1 saturated heterocycles. The Labute approximate surface area is 182 Å². The normalized spacial score (nSPS) is 21.3. The second kappa shape index (κ2) is 7.67. The lowest BCUT2D eigenvalue weighted by atomic mass is 9.74. The Hall–Kier alpha value is -2.33. The molecule has 2 fully saturated rings. The predicted molar refractivity (Wildman–Crippen MR) is 112 cm³/mol. The molecule has 0 unspecified atom stereocenters. The van der Waals surface area contributed by atoms with Gasteiger partial charge in [0.15, 0.2) is 5.65 Å². The van der Waals surface area contributed by atoms with Crippen molar-refractivity contribution < 1.29 is 13.2 Å². The van der Waals surface area contributed by atoms with E-state index in [1.54, 1.807) is 16.8 Å². The molecule has 3 aromatic rings. The average molecular weight is 449 g/mol. The summed E-state index contributed by atoms with van der Waals surface area (Å²) in [5.74, 6) is 0.710. The van der Waals surface area contributed by atoms with Crippen LogP contribution in [-0.4, -0.2) is 38.7 Å². The van der Waals surface area contributed by atoms with Crippen LogP contribution in [0.3, 0.4) is 0 Å². The van der Waals surface area contributed by atoms with Crippen LogP contribution in [0.5, 0.6) is 0 Å². The third-order valence-corrected chi connectivity index (χ3v) is 7.66. The summed E-state index contributed by atoms with van der Waals surface area (Å²) >= 11 is 1.20. The Kier molecular flexibility index (Phi) is 5.09. The molecule has 1 saturated carbocycles. The van der Waals surface area contributed by atoms with Crippen molar-refractivity contribution in [1.29, 1.82) is 0 Å². The summed E-state index contributed by atoms with van der Waals surface area (Å²) in [4.78, 5) is 12.3. The summed E-state index contributed by atoms with van der Waals surface area (Å²) in [7, 11) is 0. The van der Waals surface area contributed by atoms with Gasteiger partial charge in [-0.1, -0.05) is 24.2 Å². The number of nitrogens with zero attached hydrogens (tertiary/aromatic N) is 5. The lowest BCUT2D eigenvalue weighted by Crippen LogP contribution is -2.47. The maximum Gasteiger partial charge on any atom is 0.416 e. The number of halogens is 3. The summed E-state index contributed by atoms with van der Waals surface area (Å²) in [5, 5.41) is 4.34. The van der Waals surface area contributed by atoms with Gasteiger partial charge in [-0.15, -0.1) is 0 Å². The molecule has 1 aromatic carbocycles. The van der Waals surface area contributed by atoms with Crippen molar-refractivity contribution in [3.63, 3.8) is 0 Å². The first-order valence-corrected chi connectivity index (χ1v) is 11.2. The highest BCUT2D eigenvalue weighted by molar-refractivity contribution is 7.99. The van der Waals surface area contributed by atoms with E-state index < -0.39 is 11.7 Å². The second-order valence-corrected chi connectivity index (χ2v) is 9.51.